The third kappa shape index (κ3) is 5.11. The molecule has 0 radical (unpaired) electrons. The molecular weight excluding hydrogens is 478 g/mol. The first-order valence-corrected chi connectivity index (χ1v) is 13.5. The average molecular weight is 518 g/mol. The lowest BCUT2D eigenvalue weighted by atomic mass is 9.58. The highest BCUT2D eigenvalue weighted by Crippen LogP contribution is 2.60. The van der Waals surface area contributed by atoms with E-state index in [1.807, 2.05) is 38.1 Å². The van der Waals surface area contributed by atoms with Gasteiger partial charge in [-0.25, -0.2) is 9.78 Å². The van der Waals surface area contributed by atoms with Gasteiger partial charge in [0, 0.05) is 31.2 Å². The van der Waals surface area contributed by atoms with Gasteiger partial charge < -0.3 is 24.3 Å². The Balaban J connectivity index is 1.13. The lowest BCUT2D eigenvalue weighted by Gasteiger charge is -2.59. The zero-order valence-corrected chi connectivity index (χ0v) is 22.2. The van der Waals surface area contributed by atoms with Crippen LogP contribution in [0.3, 0.4) is 0 Å². The fraction of sp³-hybridized carbons (Fsp3) is 0.714. The molecule has 8 atom stereocenters. The number of esters is 1. The Bertz CT molecular complexity index is 985. The zero-order valence-electron chi connectivity index (χ0n) is 22.2. The van der Waals surface area contributed by atoms with Gasteiger partial charge in [0.2, 0.25) is 18.0 Å². The molecule has 4 heterocycles. The number of methoxy groups -OCH3 is 1. The summed E-state index contributed by atoms with van der Waals surface area (Å²) in [4.78, 5) is 36.9. The van der Waals surface area contributed by atoms with Gasteiger partial charge in [-0.1, -0.05) is 26.0 Å². The molecule has 204 valence electrons. The maximum atomic E-state index is 12.7. The molecule has 1 aromatic carbocycles. The summed E-state index contributed by atoms with van der Waals surface area (Å²) in [6.45, 7) is 6.66. The highest BCUT2D eigenvalue weighted by Gasteiger charge is 2.69. The number of carbonyl (C=O) groups is 2. The SMILES string of the molecule is COc1ccc(CCNC(=O)CCC(=O)O[C@@H]2O[C@@H]3O[C@@]4(C)CCC5C(C)CCC(C2C)[C@]53OO4)cc1. The summed E-state index contributed by atoms with van der Waals surface area (Å²) >= 11 is 0. The summed E-state index contributed by atoms with van der Waals surface area (Å²) in [5, 5.41) is 2.87. The second kappa shape index (κ2) is 10.5. The van der Waals surface area contributed by atoms with Crippen LogP contribution >= 0.6 is 0 Å². The maximum Gasteiger partial charge on any atom is 0.308 e. The van der Waals surface area contributed by atoms with E-state index < -0.39 is 29.9 Å². The molecular formula is C28H39NO8. The van der Waals surface area contributed by atoms with Crippen LogP contribution in [-0.4, -0.2) is 49.5 Å². The number of benzene rings is 1. The van der Waals surface area contributed by atoms with E-state index in [9.17, 15) is 9.59 Å². The molecule has 1 spiro atoms. The maximum absolute atomic E-state index is 12.7. The average Bonchev–Trinajstić information content (AvgIpc) is 3.12. The molecule has 1 saturated carbocycles. The predicted octanol–water partition coefficient (Wildman–Crippen LogP) is 3.89. The second-order valence-electron chi connectivity index (χ2n) is 11.2. The van der Waals surface area contributed by atoms with Gasteiger partial charge in [0.05, 0.1) is 13.5 Å². The van der Waals surface area contributed by atoms with Gasteiger partial charge >= 0.3 is 5.97 Å². The van der Waals surface area contributed by atoms with Crippen LogP contribution in [0.25, 0.3) is 0 Å². The number of amides is 1. The molecule has 1 aromatic rings. The van der Waals surface area contributed by atoms with Gasteiger partial charge in [-0.3, -0.25) is 9.59 Å². The molecule has 2 bridgehead atoms. The molecule has 4 saturated heterocycles. The van der Waals surface area contributed by atoms with Gasteiger partial charge in [0.15, 0.2) is 11.9 Å². The van der Waals surface area contributed by atoms with Crippen molar-refractivity contribution < 1.29 is 38.3 Å². The van der Waals surface area contributed by atoms with Crippen LogP contribution in [0.4, 0.5) is 0 Å². The minimum Gasteiger partial charge on any atom is -0.497 e. The van der Waals surface area contributed by atoms with Crippen molar-refractivity contribution in [3.63, 3.8) is 0 Å². The van der Waals surface area contributed by atoms with Crippen molar-refractivity contribution in [1.29, 1.82) is 0 Å². The fourth-order valence-electron chi connectivity index (χ4n) is 6.64. The third-order valence-electron chi connectivity index (χ3n) is 8.80. The third-order valence-corrected chi connectivity index (χ3v) is 8.80. The quantitative estimate of drug-likeness (QED) is 0.410. The summed E-state index contributed by atoms with van der Waals surface area (Å²) < 4.78 is 23.5. The molecule has 5 aliphatic rings. The number of hydrogen-bond donors (Lipinski definition) is 1. The van der Waals surface area contributed by atoms with Crippen LogP contribution in [-0.2, 0) is 40.0 Å². The number of fused-ring (bicyclic) bond motifs is 2. The highest BCUT2D eigenvalue weighted by molar-refractivity contribution is 5.81. The molecule has 0 aromatic heterocycles. The number of ether oxygens (including phenoxy) is 4. The monoisotopic (exact) mass is 517 g/mol. The molecule has 37 heavy (non-hydrogen) atoms. The normalized spacial score (nSPS) is 38.3. The number of hydrogen-bond acceptors (Lipinski definition) is 8. The summed E-state index contributed by atoms with van der Waals surface area (Å²) in [5.41, 5.74) is 0.401. The first-order valence-electron chi connectivity index (χ1n) is 13.5. The number of carbonyl (C=O) groups excluding carboxylic acids is 2. The van der Waals surface area contributed by atoms with Crippen LogP contribution < -0.4 is 10.1 Å². The summed E-state index contributed by atoms with van der Waals surface area (Å²) in [5.74, 6) is -0.0294. The van der Waals surface area contributed by atoms with Crippen LogP contribution in [0.15, 0.2) is 24.3 Å². The largest absolute Gasteiger partial charge is 0.497 e. The van der Waals surface area contributed by atoms with E-state index in [0.717, 1.165) is 37.0 Å². The minimum absolute atomic E-state index is 0.0146. The van der Waals surface area contributed by atoms with Gasteiger partial charge in [-0.15, -0.1) is 0 Å². The summed E-state index contributed by atoms with van der Waals surface area (Å²) in [6.07, 6.45) is 2.99. The van der Waals surface area contributed by atoms with E-state index in [4.69, 9.17) is 28.7 Å². The van der Waals surface area contributed by atoms with E-state index in [0.29, 0.717) is 18.9 Å². The Morgan fingerprint density at radius 1 is 1.05 bits per heavy atom. The molecule has 1 aliphatic carbocycles. The van der Waals surface area contributed by atoms with Crippen LogP contribution in [0, 0.1) is 23.7 Å². The van der Waals surface area contributed by atoms with Gasteiger partial charge in [0.25, 0.3) is 0 Å². The number of rotatable bonds is 8. The molecule has 1 N–H and O–H groups in total. The molecule has 6 rings (SSSR count). The first-order chi connectivity index (χ1) is 17.7. The Labute approximate surface area is 218 Å². The van der Waals surface area contributed by atoms with E-state index in [1.54, 1.807) is 7.11 Å². The summed E-state index contributed by atoms with van der Waals surface area (Å²) in [7, 11) is 1.63. The Morgan fingerprint density at radius 3 is 2.59 bits per heavy atom. The van der Waals surface area contributed by atoms with Crippen LogP contribution in [0.5, 0.6) is 5.75 Å². The lowest BCUT2D eigenvalue weighted by molar-refractivity contribution is -0.576. The van der Waals surface area contributed by atoms with Gasteiger partial charge in [-0.2, -0.15) is 0 Å². The summed E-state index contributed by atoms with van der Waals surface area (Å²) in [6, 6.07) is 7.72. The molecule has 4 unspecified atom stereocenters. The van der Waals surface area contributed by atoms with E-state index >= 15 is 0 Å². The Kier molecular flexibility index (Phi) is 7.51. The second-order valence-corrected chi connectivity index (χ2v) is 11.2. The number of nitrogens with one attached hydrogen (secondary N) is 1. The standard InChI is InChI=1S/C28H39NO8/c1-17-5-10-22-18(2)25(34-26-28(22)21(17)13-15-27(3,35-26)36-37-28)33-24(31)12-11-23(30)29-16-14-19-6-8-20(32-4)9-7-19/h6-9,17-18,21-22,25-26H,5,10-16H2,1-4H3,(H,29,30)/t17?,18?,21?,22?,25-,26-,27-,28-/m1/s1. The Morgan fingerprint density at radius 2 is 1.84 bits per heavy atom. The molecule has 1 amide bonds. The van der Waals surface area contributed by atoms with Crippen molar-refractivity contribution in [2.75, 3.05) is 13.7 Å². The lowest BCUT2D eigenvalue weighted by Crippen LogP contribution is -2.70. The molecule has 9 nitrogen and oxygen atoms in total. The van der Waals surface area contributed by atoms with Crippen molar-refractivity contribution in [3.8, 4) is 5.75 Å². The zero-order chi connectivity index (χ0) is 26.2. The van der Waals surface area contributed by atoms with E-state index in [1.165, 1.54) is 0 Å². The first kappa shape index (κ1) is 26.4. The van der Waals surface area contributed by atoms with Crippen molar-refractivity contribution in [3.05, 3.63) is 29.8 Å². The topological polar surface area (TPSA) is 102 Å². The van der Waals surface area contributed by atoms with E-state index in [-0.39, 0.29) is 36.5 Å². The van der Waals surface area contributed by atoms with Crippen LogP contribution in [0.2, 0.25) is 0 Å². The minimum atomic E-state index is -0.878. The van der Waals surface area contributed by atoms with Crippen molar-refractivity contribution in [1.82, 2.24) is 5.32 Å². The van der Waals surface area contributed by atoms with Crippen molar-refractivity contribution in [2.45, 2.75) is 89.7 Å². The molecule has 4 aliphatic heterocycles. The Hall–Kier alpha value is -2.20. The van der Waals surface area contributed by atoms with Crippen molar-refractivity contribution in [2.24, 2.45) is 23.7 Å². The van der Waals surface area contributed by atoms with Crippen LogP contribution in [0.1, 0.15) is 64.9 Å². The fourth-order valence-corrected chi connectivity index (χ4v) is 6.64. The highest BCUT2D eigenvalue weighted by atomic mass is 17.3. The van der Waals surface area contributed by atoms with E-state index in [2.05, 4.69) is 12.2 Å². The van der Waals surface area contributed by atoms with Gasteiger partial charge in [0.1, 0.15) is 5.75 Å². The van der Waals surface area contributed by atoms with Gasteiger partial charge in [-0.05, 0) is 62.1 Å². The predicted molar refractivity (Wildman–Crippen MR) is 132 cm³/mol. The smallest absolute Gasteiger partial charge is 0.308 e. The molecule has 5 fully saturated rings. The van der Waals surface area contributed by atoms with Crippen molar-refractivity contribution >= 4 is 11.9 Å². The molecule has 9 heteroatoms.